The summed E-state index contributed by atoms with van der Waals surface area (Å²) in [5, 5.41) is 23.8. The maximum Gasteiger partial charge on any atom is 0.306 e. The van der Waals surface area contributed by atoms with Crippen LogP contribution in [0, 0.1) is 0 Å². The summed E-state index contributed by atoms with van der Waals surface area (Å²) >= 11 is 0. The number of carbonyl (C=O) groups excluding carboxylic acids is 2. The first-order chi connectivity index (χ1) is 32.0. The third-order valence-corrected chi connectivity index (χ3v) is 12.5. The zero-order valence-corrected chi connectivity index (χ0v) is 42.9. The second kappa shape index (κ2) is 52.3. The van der Waals surface area contributed by atoms with E-state index in [2.05, 4.69) is 50.4 Å². The Kier molecular flexibility index (Phi) is 50.1. The van der Waals surface area contributed by atoms with Gasteiger partial charge in [-0.1, -0.05) is 280 Å². The van der Waals surface area contributed by atoms with Gasteiger partial charge in [0.25, 0.3) is 0 Å². The van der Waals surface area contributed by atoms with E-state index in [0.29, 0.717) is 19.3 Å². The first-order valence-corrected chi connectivity index (χ1v) is 27.7. The van der Waals surface area contributed by atoms with Gasteiger partial charge >= 0.3 is 5.97 Å². The molecule has 0 spiro atoms. The number of nitrogens with one attached hydrogen (secondary N) is 1. The fourth-order valence-electron chi connectivity index (χ4n) is 8.29. The maximum atomic E-state index is 13.2. The molecule has 6 heteroatoms. The molecule has 0 aromatic heterocycles. The lowest BCUT2D eigenvalue weighted by molar-refractivity contribution is -0.151. The number of allylic oxidation sites excluding steroid dienone is 12. The van der Waals surface area contributed by atoms with Crippen molar-refractivity contribution in [2.24, 2.45) is 0 Å². The number of carbonyl (C=O) groups is 2. The molecule has 3 N–H and O–H groups in total. The molecule has 0 saturated heterocycles. The van der Waals surface area contributed by atoms with E-state index >= 15 is 0 Å². The van der Waals surface area contributed by atoms with Crippen molar-refractivity contribution in [1.82, 2.24) is 5.32 Å². The van der Waals surface area contributed by atoms with Crippen molar-refractivity contribution in [3.63, 3.8) is 0 Å². The molecular formula is C59H105NO5. The van der Waals surface area contributed by atoms with Gasteiger partial charge in [-0.15, -0.1) is 0 Å². The minimum absolute atomic E-state index is 0.0594. The van der Waals surface area contributed by atoms with E-state index in [1.165, 1.54) is 148 Å². The Balaban J connectivity index is 4.66. The molecule has 0 aliphatic heterocycles. The number of esters is 1. The predicted octanol–water partition coefficient (Wildman–Crippen LogP) is 17.0. The average Bonchev–Trinajstić information content (AvgIpc) is 3.30. The van der Waals surface area contributed by atoms with E-state index in [1.54, 1.807) is 0 Å². The summed E-state index contributed by atoms with van der Waals surface area (Å²) in [5.74, 6) is -0.518. The lowest BCUT2D eigenvalue weighted by Crippen LogP contribution is -2.46. The highest BCUT2D eigenvalue weighted by Gasteiger charge is 2.24. The van der Waals surface area contributed by atoms with Crippen LogP contribution in [0.4, 0.5) is 0 Å². The molecule has 0 aromatic rings. The number of unbranched alkanes of at least 4 members (excludes halogenated alkanes) is 30. The number of aliphatic hydroxyl groups is 2. The largest absolute Gasteiger partial charge is 0.462 e. The fourth-order valence-corrected chi connectivity index (χ4v) is 8.29. The predicted molar refractivity (Wildman–Crippen MR) is 282 cm³/mol. The van der Waals surface area contributed by atoms with Crippen LogP contribution in [0.2, 0.25) is 0 Å². The minimum atomic E-state index is -0.797. The number of ether oxygens (including phenoxy) is 1. The molecule has 0 saturated carbocycles. The van der Waals surface area contributed by atoms with Gasteiger partial charge in [-0.25, -0.2) is 0 Å². The van der Waals surface area contributed by atoms with Gasteiger partial charge in [0.05, 0.1) is 25.2 Å². The number of amides is 1. The molecule has 3 atom stereocenters. The summed E-state index contributed by atoms with van der Waals surface area (Å²) in [7, 11) is 0. The number of aliphatic hydroxyl groups excluding tert-OH is 2. The third kappa shape index (κ3) is 47.6. The molecule has 65 heavy (non-hydrogen) atoms. The van der Waals surface area contributed by atoms with Crippen molar-refractivity contribution < 1.29 is 24.5 Å². The monoisotopic (exact) mass is 908 g/mol. The molecule has 0 rings (SSSR count). The van der Waals surface area contributed by atoms with Crippen LogP contribution in [0.5, 0.6) is 0 Å². The second-order valence-corrected chi connectivity index (χ2v) is 18.8. The van der Waals surface area contributed by atoms with Crippen LogP contribution < -0.4 is 5.32 Å². The second-order valence-electron chi connectivity index (χ2n) is 18.8. The smallest absolute Gasteiger partial charge is 0.306 e. The number of hydrogen-bond donors (Lipinski definition) is 3. The van der Waals surface area contributed by atoms with Gasteiger partial charge in [-0.2, -0.15) is 0 Å². The summed E-state index contributed by atoms with van der Waals surface area (Å²) < 4.78 is 5.94. The standard InChI is InChI=1S/C59H105NO5/c1-4-7-10-13-16-19-22-25-27-29-31-33-35-38-41-44-47-50-55(65-59(64)52-49-46-43-40-37-34-32-30-28-26-23-20-17-14-11-8-5-2)53-58(63)60-56(54-61)57(62)51-48-45-42-39-36-24-21-18-15-12-9-6-3/h8,11,14,17,20,23,26,28,30,32,34,37,55-57,61-62H,4-7,9-10,12-13,15-16,18-19,21-22,24-25,27,29,31,33,35-36,38-54H2,1-3H3,(H,60,63)/b11-8-,17-14+,23-20+,28-26-,32-30+,37-34+. The summed E-state index contributed by atoms with van der Waals surface area (Å²) in [6, 6.07) is -0.712. The molecule has 0 fully saturated rings. The molecule has 1 amide bonds. The molecule has 0 aliphatic carbocycles. The van der Waals surface area contributed by atoms with Gasteiger partial charge in [-0.05, 0) is 44.9 Å². The van der Waals surface area contributed by atoms with Crippen molar-refractivity contribution in [2.45, 2.75) is 283 Å². The van der Waals surface area contributed by atoms with Crippen LogP contribution >= 0.6 is 0 Å². The lowest BCUT2D eigenvalue weighted by Gasteiger charge is -2.24. The van der Waals surface area contributed by atoms with Gasteiger partial charge in [0.15, 0.2) is 0 Å². The summed E-state index contributed by atoms with van der Waals surface area (Å²) in [4.78, 5) is 26.2. The summed E-state index contributed by atoms with van der Waals surface area (Å²) in [5.41, 5.74) is 0. The van der Waals surface area contributed by atoms with Crippen LogP contribution in [0.15, 0.2) is 72.9 Å². The highest BCUT2D eigenvalue weighted by molar-refractivity contribution is 5.77. The Morgan fingerprint density at radius 2 is 0.831 bits per heavy atom. The van der Waals surface area contributed by atoms with Gasteiger partial charge in [0.2, 0.25) is 5.91 Å². The Morgan fingerprint density at radius 3 is 1.25 bits per heavy atom. The first kappa shape index (κ1) is 62.3. The highest BCUT2D eigenvalue weighted by atomic mass is 16.5. The average molecular weight is 908 g/mol. The molecule has 0 bridgehead atoms. The molecule has 3 unspecified atom stereocenters. The van der Waals surface area contributed by atoms with Crippen molar-refractivity contribution in [3.8, 4) is 0 Å². The van der Waals surface area contributed by atoms with Crippen LogP contribution in [0.3, 0.4) is 0 Å². The van der Waals surface area contributed by atoms with E-state index in [0.717, 1.165) is 70.6 Å². The van der Waals surface area contributed by atoms with Crippen molar-refractivity contribution in [1.29, 1.82) is 0 Å². The van der Waals surface area contributed by atoms with E-state index in [4.69, 9.17) is 4.74 Å². The van der Waals surface area contributed by atoms with E-state index in [1.807, 2.05) is 48.6 Å². The molecule has 0 aliphatic rings. The van der Waals surface area contributed by atoms with Crippen LogP contribution in [-0.4, -0.2) is 46.9 Å². The van der Waals surface area contributed by atoms with E-state index in [-0.39, 0.29) is 24.9 Å². The summed E-state index contributed by atoms with van der Waals surface area (Å²) in [6.07, 6.45) is 66.7. The summed E-state index contributed by atoms with van der Waals surface area (Å²) in [6.45, 7) is 6.35. The molecular weight excluding hydrogens is 803 g/mol. The van der Waals surface area contributed by atoms with Crippen molar-refractivity contribution >= 4 is 11.9 Å². The Labute approximate surface area is 402 Å². The Bertz CT molecular complexity index is 1200. The molecule has 0 radical (unpaired) electrons. The topological polar surface area (TPSA) is 95.9 Å². The first-order valence-electron chi connectivity index (χ1n) is 27.7. The Morgan fingerprint density at radius 1 is 0.462 bits per heavy atom. The molecule has 0 heterocycles. The van der Waals surface area contributed by atoms with Gasteiger partial charge in [0.1, 0.15) is 6.10 Å². The maximum absolute atomic E-state index is 13.2. The van der Waals surface area contributed by atoms with Crippen molar-refractivity contribution in [2.75, 3.05) is 6.61 Å². The lowest BCUT2D eigenvalue weighted by atomic mass is 10.0. The number of rotatable bonds is 49. The zero-order chi connectivity index (χ0) is 47.4. The van der Waals surface area contributed by atoms with E-state index in [9.17, 15) is 19.8 Å². The fraction of sp³-hybridized carbons (Fsp3) is 0.763. The van der Waals surface area contributed by atoms with Crippen molar-refractivity contribution in [3.05, 3.63) is 72.9 Å². The molecule has 6 nitrogen and oxygen atoms in total. The zero-order valence-electron chi connectivity index (χ0n) is 42.9. The van der Waals surface area contributed by atoms with E-state index < -0.39 is 18.2 Å². The van der Waals surface area contributed by atoms with Crippen LogP contribution in [0.25, 0.3) is 0 Å². The normalized spacial score (nSPS) is 13.7. The Hall–Kier alpha value is -2.70. The van der Waals surface area contributed by atoms with Crippen LogP contribution in [-0.2, 0) is 14.3 Å². The van der Waals surface area contributed by atoms with Crippen LogP contribution in [0.1, 0.15) is 265 Å². The SMILES string of the molecule is CC\C=C/C=C/C=C/C=C\C=C\C=C\CCCCCC(=O)OC(CCCCCCCCCCCCCCCCCCC)CC(=O)NC(CO)C(O)CCCCCCCCCCCCCC. The third-order valence-electron chi connectivity index (χ3n) is 12.5. The molecule has 376 valence electrons. The van der Waals surface area contributed by atoms with Gasteiger partial charge < -0.3 is 20.3 Å². The highest BCUT2D eigenvalue weighted by Crippen LogP contribution is 2.18. The minimum Gasteiger partial charge on any atom is -0.462 e. The quantitative estimate of drug-likeness (QED) is 0.0321. The molecule has 0 aromatic carbocycles. The van der Waals surface area contributed by atoms with Gasteiger partial charge in [0, 0.05) is 6.42 Å². The number of hydrogen-bond acceptors (Lipinski definition) is 5. The van der Waals surface area contributed by atoms with Gasteiger partial charge in [-0.3, -0.25) is 9.59 Å².